The highest BCUT2D eigenvalue weighted by Gasteiger charge is 2.25. The Morgan fingerprint density at radius 1 is 1.29 bits per heavy atom. The summed E-state index contributed by atoms with van der Waals surface area (Å²) in [5.41, 5.74) is 0.769. The molecule has 0 amide bonds. The summed E-state index contributed by atoms with van der Waals surface area (Å²) in [4.78, 5) is 6.59. The number of nitrogens with one attached hydrogen (secondary N) is 1. The van der Waals surface area contributed by atoms with E-state index in [1.807, 2.05) is 31.2 Å². The van der Waals surface area contributed by atoms with Gasteiger partial charge in [-0.2, -0.15) is 4.52 Å². The van der Waals surface area contributed by atoms with Crippen LogP contribution >= 0.6 is 11.6 Å². The van der Waals surface area contributed by atoms with Crippen molar-refractivity contribution in [2.45, 2.75) is 25.8 Å². The van der Waals surface area contributed by atoms with Crippen LogP contribution in [0.3, 0.4) is 0 Å². The summed E-state index contributed by atoms with van der Waals surface area (Å²) < 4.78 is 1.80. The van der Waals surface area contributed by atoms with E-state index in [9.17, 15) is 0 Å². The summed E-state index contributed by atoms with van der Waals surface area (Å²) in [5, 5.41) is 17.0. The van der Waals surface area contributed by atoms with Gasteiger partial charge in [0.2, 0.25) is 0 Å². The molecule has 1 atom stereocenters. The normalized spacial score (nSPS) is 17.6. The van der Waals surface area contributed by atoms with Gasteiger partial charge in [0.1, 0.15) is 11.6 Å². The predicted molar refractivity (Wildman–Crippen MR) is 93.6 cm³/mol. The monoisotopic (exact) mass is 343 g/mol. The topological polar surface area (TPSA) is 71.2 Å². The molecule has 0 spiro atoms. The molecule has 8 heteroatoms. The lowest BCUT2D eigenvalue weighted by molar-refractivity contribution is 0.774. The van der Waals surface area contributed by atoms with Crippen molar-refractivity contribution < 1.29 is 0 Å². The fourth-order valence-corrected chi connectivity index (χ4v) is 3.26. The van der Waals surface area contributed by atoms with Gasteiger partial charge in [-0.25, -0.2) is 4.98 Å². The van der Waals surface area contributed by atoms with Crippen molar-refractivity contribution in [1.82, 2.24) is 24.8 Å². The van der Waals surface area contributed by atoms with Gasteiger partial charge in [-0.3, -0.25) is 0 Å². The Labute approximate surface area is 144 Å². The predicted octanol–water partition coefficient (Wildman–Crippen LogP) is 2.43. The quantitative estimate of drug-likeness (QED) is 0.784. The number of hydrogen-bond acceptors (Lipinski definition) is 6. The van der Waals surface area contributed by atoms with E-state index in [2.05, 4.69) is 30.5 Å². The fourth-order valence-electron chi connectivity index (χ4n) is 3.02. The molecule has 0 radical (unpaired) electrons. The summed E-state index contributed by atoms with van der Waals surface area (Å²) in [5.74, 6) is 2.54. The van der Waals surface area contributed by atoms with E-state index in [-0.39, 0.29) is 0 Å². The van der Waals surface area contributed by atoms with Crippen LogP contribution in [-0.4, -0.2) is 43.9 Å². The van der Waals surface area contributed by atoms with Crippen molar-refractivity contribution in [1.29, 1.82) is 0 Å². The molecule has 0 aliphatic carbocycles. The minimum atomic E-state index is 0.301. The summed E-state index contributed by atoms with van der Waals surface area (Å²) >= 11 is 6.24. The van der Waals surface area contributed by atoms with E-state index in [0.717, 1.165) is 49.0 Å². The lowest BCUT2D eigenvalue weighted by Crippen LogP contribution is -2.27. The average Bonchev–Trinajstić information content (AvgIpc) is 3.21. The van der Waals surface area contributed by atoms with Crippen LogP contribution in [0.4, 0.5) is 11.6 Å². The molecule has 1 aliphatic rings. The standard InChI is InChI=1S/C16H18ClN7/c1-2-14-20-21-15-6-5-13(22-24(14)15)19-11-7-9-23(10-11)16-12(17)4-3-8-18-16/h3-6,8,11H,2,7,9-10H2,1H3,(H,19,22)/t11-/m1/s1. The molecule has 1 saturated heterocycles. The van der Waals surface area contributed by atoms with Gasteiger partial charge in [0.25, 0.3) is 0 Å². The van der Waals surface area contributed by atoms with Crippen molar-refractivity contribution in [2.24, 2.45) is 0 Å². The maximum Gasteiger partial charge on any atom is 0.178 e. The van der Waals surface area contributed by atoms with Gasteiger partial charge >= 0.3 is 0 Å². The van der Waals surface area contributed by atoms with Crippen LogP contribution in [0.2, 0.25) is 5.02 Å². The second-order valence-corrected chi connectivity index (χ2v) is 6.25. The second-order valence-electron chi connectivity index (χ2n) is 5.84. The molecular formula is C16H18ClN7. The molecule has 24 heavy (non-hydrogen) atoms. The van der Waals surface area contributed by atoms with Crippen molar-refractivity contribution in [2.75, 3.05) is 23.3 Å². The second kappa shape index (κ2) is 6.24. The highest BCUT2D eigenvalue weighted by Crippen LogP contribution is 2.26. The fraction of sp³-hybridized carbons (Fsp3) is 0.375. The third-order valence-corrected chi connectivity index (χ3v) is 4.52. The molecule has 0 saturated carbocycles. The van der Waals surface area contributed by atoms with Crippen LogP contribution in [-0.2, 0) is 6.42 Å². The van der Waals surface area contributed by atoms with Crippen LogP contribution in [0.1, 0.15) is 19.2 Å². The Morgan fingerprint density at radius 3 is 3.04 bits per heavy atom. The third-order valence-electron chi connectivity index (χ3n) is 4.22. The van der Waals surface area contributed by atoms with Crippen LogP contribution in [0.25, 0.3) is 5.65 Å². The number of aryl methyl sites for hydroxylation is 1. The summed E-state index contributed by atoms with van der Waals surface area (Å²) in [6, 6.07) is 7.90. The third kappa shape index (κ3) is 2.75. The van der Waals surface area contributed by atoms with Gasteiger partial charge < -0.3 is 10.2 Å². The highest BCUT2D eigenvalue weighted by molar-refractivity contribution is 6.32. The van der Waals surface area contributed by atoms with Crippen molar-refractivity contribution in [3.05, 3.63) is 41.3 Å². The average molecular weight is 344 g/mol. The molecular weight excluding hydrogens is 326 g/mol. The number of nitrogens with zero attached hydrogens (tertiary/aromatic N) is 6. The van der Waals surface area contributed by atoms with Gasteiger partial charge in [0.15, 0.2) is 11.5 Å². The summed E-state index contributed by atoms with van der Waals surface area (Å²) in [6.07, 6.45) is 3.58. The number of pyridine rings is 1. The molecule has 4 rings (SSSR count). The van der Waals surface area contributed by atoms with Crippen molar-refractivity contribution in [3.8, 4) is 0 Å². The lowest BCUT2D eigenvalue weighted by atomic mass is 10.2. The van der Waals surface area contributed by atoms with Crippen LogP contribution in [0.5, 0.6) is 0 Å². The van der Waals surface area contributed by atoms with E-state index >= 15 is 0 Å². The Morgan fingerprint density at radius 2 is 2.21 bits per heavy atom. The first-order chi connectivity index (χ1) is 11.7. The smallest absolute Gasteiger partial charge is 0.178 e. The number of rotatable bonds is 4. The van der Waals surface area contributed by atoms with Crippen LogP contribution < -0.4 is 10.2 Å². The Bertz CT molecular complexity index is 863. The molecule has 124 valence electrons. The van der Waals surface area contributed by atoms with E-state index in [0.29, 0.717) is 11.1 Å². The number of fused-ring (bicyclic) bond motifs is 1. The van der Waals surface area contributed by atoms with Gasteiger partial charge in [-0.15, -0.1) is 15.3 Å². The minimum Gasteiger partial charge on any atom is -0.364 e. The van der Waals surface area contributed by atoms with Crippen molar-refractivity contribution >= 4 is 28.9 Å². The summed E-state index contributed by atoms with van der Waals surface area (Å²) in [7, 11) is 0. The summed E-state index contributed by atoms with van der Waals surface area (Å²) in [6.45, 7) is 3.81. The Hall–Kier alpha value is -2.41. The van der Waals surface area contributed by atoms with Gasteiger partial charge in [-0.05, 0) is 30.7 Å². The maximum atomic E-state index is 6.24. The first-order valence-electron chi connectivity index (χ1n) is 8.08. The van der Waals surface area contributed by atoms with Gasteiger partial charge in [-0.1, -0.05) is 18.5 Å². The maximum absolute atomic E-state index is 6.24. The molecule has 1 fully saturated rings. The lowest BCUT2D eigenvalue weighted by Gasteiger charge is -2.19. The van der Waals surface area contributed by atoms with E-state index in [1.165, 1.54) is 0 Å². The molecule has 0 bridgehead atoms. The molecule has 0 unspecified atom stereocenters. The molecule has 3 aromatic rings. The zero-order valence-electron chi connectivity index (χ0n) is 13.4. The molecule has 1 aliphatic heterocycles. The first kappa shape index (κ1) is 15.1. The Balaban J connectivity index is 1.49. The molecule has 4 heterocycles. The van der Waals surface area contributed by atoms with Crippen LogP contribution in [0.15, 0.2) is 30.5 Å². The number of anilines is 2. The van der Waals surface area contributed by atoms with E-state index < -0.39 is 0 Å². The zero-order valence-corrected chi connectivity index (χ0v) is 14.1. The zero-order chi connectivity index (χ0) is 16.5. The first-order valence-corrected chi connectivity index (χ1v) is 8.45. The van der Waals surface area contributed by atoms with E-state index in [4.69, 9.17) is 11.6 Å². The molecule has 7 nitrogen and oxygen atoms in total. The SMILES string of the molecule is CCc1nnc2ccc(N[C@@H]3CCN(c4ncccc4Cl)C3)nn12. The van der Waals surface area contributed by atoms with E-state index in [1.54, 1.807) is 10.7 Å². The Kier molecular flexibility index (Phi) is 3.93. The van der Waals surface area contributed by atoms with Gasteiger partial charge in [0, 0.05) is 31.7 Å². The van der Waals surface area contributed by atoms with Gasteiger partial charge in [0.05, 0.1) is 5.02 Å². The molecule has 1 N–H and O–H groups in total. The minimum absolute atomic E-state index is 0.301. The number of hydrogen-bond donors (Lipinski definition) is 1. The molecule has 0 aromatic carbocycles. The largest absolute Gasteiger partial charge is 0.364 e. The van der Waals surface area contributed by atoms with Crippen molar-refractivity contribution in [3.63, 3.8) is 0 Å². The number of halogens is 1. The van der Waals surface area contributed by atoms with Crippen LogP contribution in [0, 0.1) is 0 Å². The highest BCUT2D eigenvalue weighted by atomic mass is 35.5. The number of aromatic nitrogens is 5. The molecule has 3 aromatic heterocycles.